The fraction of sp³-hybridized carbons (Fsp3) is 0.222. The number of benzene rings is 2. The van der Waals surface area contributed by atoms with E-state index in [0.717, 1.165) is 14.7 Å². The number of hydrazone groups is 1. The Kier molecular flexibility index (Phi) is 6.63. The molecule has 25 heavy (non-hydrogen) atoms. The topological polar surface area (TPSA) is 80.2 Å². The van der Waals surface area contributed by atoms with E-state index >= 15 is 0 Å². The Hall–Kier alpha value is -2.29. The summed E-state index contributed by atoms with van der Waals surface area (Å²) >= 11 is 2.24. The number of hydrogen-bond donors (Lipinski definition) is 2. The van der Waals surface area contributed by atoms with Crippen molar-refractivity contribution in [1.82, 2.24) is 5.43 Å². The molecule has 0 fully saturated rings. The van der Waals surface area contributed by atoms with Crippen LogP contribution in [-0.4, -0.2) is 30.9 Å². The van der Waals surface area contributed by atoms with Crippen molar-refractivity contribution < 1.29 is 19.4 Å². The first-order valence-corrected chi connectivity index (χ1v) is 8.57. The molecular weight excluding hydrogens is 435 g/mol. The van der Waals surface area contributed by atoms with E-state index in [-0.39, 0.29) is 18.3 Å². The number of phenols is 1. The van der Waals surface area contributed by atoms with Crippen molar-refractivity contribution in [1.29, 1.82) is 0 Å². The standard InChI is InChI=1S/C18H19IN2O4/c1-11-6-14(19)7-12(2)18(11)25-10-17(23)21-20-9-13-4-5-15(22)16(8-13)24-3/h4-9,22H,10H2,1-3H3,(H,21,23)/b20-9-. The molecule has 7 heteroatoms. The van der Waals surface area contributed by atoms with Gasteiger partial charge in [0.1, 0.15) is 5.75 Å². The molecule has 0 aliphatic carbocycles. The fourth-order valence-corrected chi connectivity index (χ4v) is 3.18. The second-order valence-corrected chi connectivity index (χ2v) is 6.63. The molecule has 6 nitrogen and oxygen atoms in total. The molecule has 0 radical (unpaired) electrons. The molecule has 0 saturated carbocycles. The van der Waals surface area contributed by atoms with Crippen molar-refractivity contribution >= 4 is 34.7 Å². The molecule has 0 spiro atoms. The minimum Gasteiger partial charge on any atom is -0.504 e. The number of amides is 1. The van der Waals surface area contributed by atoms with Crippen molar-refractivity contribution in [2.75, 3.05) is 13.7 Å². The Balaban J connectivity index is 1.91. The van der Waals surface area contributed by atoms with Crippen molar-refractivity contribution in [3.63, 3.8) is 0 Å². The number of phenolic OH excluding ortho intramolecular Hbond substituents is 1. The van der Waals surface area contributed by atoms with Crippen LogP contribution in [0, 0.1) is 17.4 Å². The van der Waals surface area contributed by atoms with E-state index in [1.165, 1.54) is 19.4 Å². The zero-order chi connectivity index (χ0) is 18.4. The third kappa shape index (κ3) is 5.35. The molecule has 132 valence electrons. The zero-order valence-electron chi connectivity index (χ0n) is 14.2. The van der Waals surface area contributed by atoms with Crippen LogP contribution in [0.3, 0.4) is 0 Å². The van der Waals surface area contributed by atoms with E-state index < -0.39 is 0 Å². The number of ether oxygens (including phenoxy) is 2. The van der Waals surface area contributed by atoms with E-state index in [2.05, 4.69) is 33.1 Å². The number of rotatable bonds is 6. The SMILES string of the molecule is COc1cc(/C=N\NC(=O)COc2c(C)cc(I)cc2C)ccc1O. The first kappa shape index (κ1) is 19.0. The van der Waals surface area contributed by atoms with Gasteiger partial charge < -0.3 is 14.6 Å². The van der Waals surface area contributed by atoms with Crippen molar-refractivity contribution in [3.05, 3.63) is 50.6 Å². The normalized spacial score (nSPS) is 10.7. The van der Waals surface area contributed by atoms with Crippen LogP contribution < -0.4 is 14.9 Å². The highest BCUT2D eigenvalue weighted by molar-refractivity contribution is 14.1. The van der Waals surface area contributed by atoms with Gasteiger partial charge in [0.2, 0.25) is 0 Å². The van der Waals surface area contributed by atoms with Gasteiger partial charge in [-0.1, -0.05) is 0 Å². The summed E-state index contributed by atoms with van der Waals surface area (Å²) in [5.74, 6) is 0.728. The van der Waals surface area contributed by atoms with Gasteiger partial charge in [-0.2, -0.15) is 5.10 Å². The summed E-state index contributed by atoms with van der Waals surface area (Å²) in [6, 6.07) is 8.75. The predicted molar refractivity (Wildman–Crippen MR) is 105 cm³/mol. The molecule has 0 atom stereocenters. The molecule has 2 aromatic carbocycles. The molecule has 2 N–H and O–H groups in total. The molecule has 2 rings (SSSR count). The van der Waals surface area contributed by atoms with Crippen LogP contribution in [0.1, 0.15) is 16.7 Å². The summed E-state index contributed by atoms with van der Waals surface area (Å²) in [7, 11) is 1.46. The van der Waals surface area contributed by atoms with Gasteiger partial charge in [-0.05, 0) is 83.5 Å². The van der Waals surface area contributed by atoms with E-state index in [4.69, 9.17) is 9.47 Å². The van der Waals surface area contributed by atoms with Crippen LogP contribution in [0.4, 0.5) is 0 Å². The molecule has 0 unspecified atom stereocenters. The van der Waals surface area contributed by atoms with E-state index in [9.17, 15) is 9.90 Å². The lowest BCUT2D eigenvalue weighted by molar-refractivity contribution is -0.123. The van der Waals surface area contributed by atoms with Gasteiger partial charge in [0.05, 0.1) is 13.3 Å². The molecule has 2 aromatic rings. The lowest BCUT2D eigenvalue weighted by Gasteiger charge is -2.11. The van der Waals surface area contributed by atoms with Gasteiger partial charge >= 0.3 is 0 Å². The number of hydrogen-bond acceptors (Lipinski definition) is 5. The molecule has 0 bridgehead atoms. The Morgan fingerprint density at radius 2 is 1.96 bits per heavy atom. The van der Waals surface area contributed by atoms with Crippen LogP contribution in [0.2, 0.25) is 0 Å². The number of aromatic hydroxyl groups is 1. The van der Waals surface area contributed by atoms with E-state index in [1.54, 1.807) is 12.1 Å². The van der Waals surface area contributed by atoms with Gasteiger partial charge in [-0.15, -0.1) is 0 Å². The second kappa shape index (κ2) is 8.70. The van der Waals surface area contributed by atoms with Crippen LogP contribution in [0.5, 0.6) is 17.2 Å². The number of nitrogens with one attached hydrogen (secondary N) is 1. The van der Waals surface area contributed by atoms with E-state index in [0.29, 0.717) is 17.1 Å². The maximum absolute atomic E-state index is 11.9. The van der Waals surface area contributed by atoms with Crippen molar-refractivity contribution in [3.8, 4) is 17.2 Å². The van der Waals surface area contributed by atoms with Crippen LogP contribution in [0.25, 0.3) is 0 Å². The highest BCUT2D eigenvalue weighted by atomic mass is 127. The quantitative estimate of drug-likeness (QED) is 0.400. The third-order valence-corrected chi connectivity index (χ3v) is 4.00. The predicted octanol–water partition coefficient (Wildman–Crippen LogP) is 3.15. The summed E-state index contributed by atoms with van der Waals surface area (Å²) < 4.78 is 11.7. The van der Waals surface area contributed by atoms with Crippen LogP contribution in [0.15, 0.2) is 35.4 Å². The fourth-order valence-electron chi connectivity index (χ4n) is 2.25. The lowest BCUT2D eigenvalue weighted by Crippen LogP contribution is -2.25. The van der Waals surface area contributed by atoms with Gasteiger partial charge in [-0.25, -0.2) is 5.43 Å². The van der Waals surface area contributed by atoms with Crippen LogP contribution in [-0.2, 0) is 4.79 Å². The molecular formula is C18H19IN2O4. The average Bonchev–Trinajstić information content (AvgIpc) is 2.55. The van der Waals surface area contributed by atoms with Gasteiger partial charge in [0.25, 0.3) is 5.91 Å². The third-order valence-electron chi connectivity index (χ3n) is 3.38. The number of aryl methyl sites for hydroxylation is 2. The summed E-state index contributed by atoms with van der Waals surface area (Å²) in [5, 5.41) is 13.4. The Morgan fingerprint density at radius 1 is 1.28 bits per heavy atom. The summed E-state index contributed by atoms with van der Waals surface area (Å²) in [4.78, 5) is 11.9. The molecule has 0 aromatic heterocycles. The minimum absolute atomic E-state index is 0.0420. The van der Waals surface area contributed by atoms with E-state index in [1.807, 2.05) is 26.0 Å². The van der Waals surface area contributed by atoms with Gasteiger partial charge in [0.15, 0.2) is 18.1 Å². The molecule has 0 heterocycles. The largest absolute Gasteiger partial charge is 0.504 e. The number of carbonyl (C=O) groups excluding carboxylic acids is 1. The van der Waals surface area contributed by atoms with Crippen molar-refractivity contribution in [2.24, 2.45) is 5.10 Å². The minimum atomic E-state index is -0.362. The van der Waals surface area contributed by atoms with Gasteiger partial charge in [0, 0.05) is 3.57 Å². The maximum atomic E-state index is 11.9. The highest BCUT2D eigenvalue weighted by Crippen LogP contribution is 2.26. The number of nitrogens with zero attached hydrogens (tertiary/aromatic N) is 1. The Labute approximate surface area is 160 Å². The maximum Gasteiger partial charge on any atom is 0.277 e. The monoisotopic (exact) mass is 454 g/mol. The molecule has 0 aliphatic heterocycles. The smallest absolute Gasteiger partial charge is 0.277 e. The first-order valence-electron chi connectivity index (χ1n) is 7.49. The molecule has 1 amide bonds. The first-order chi connectivity index (χ1) is 11.9. The van der Waals surface area contributed by atoms with Gasteiger partial charge in [-0.3, -0.25) is 4.79 Å². The Bertz CT molecular complexity index is 783. The Morgan fingerprint density at radius 3 is 2.60 bits per heavy atom. The van der Waals surface area contributed by atoms with Crippen LogP contribution >= 0.6 is 22.6 Å². The lowest BCUT2D eigenvalue weighted by atomic mass is 10.1. The number of methoxy groups -OCH3 is 1. The van der Waals surface area contributed by atoms with Crippen molar-refractivity contribution in [2.45, 2.75) is 13.8 Å². The molecule has 0 aliphatic rings. The second-order valence-electron chi connectivity index (χ2n) is 5.38. The zero-order valence-corrected chi connectivity index (χ0v) is 16.3. The number of halogens is 1. The summed E-state index contributed by atoms with van der Waals surface area (Å²) in [5.41, 5.74) is 5.05. The average molecular weight is 454 g/mol. The summed E-state index contributed by atoms with van der Waals surface area (Å²) in [6.07, 6.45) is 1.46. The molecule has 0 saturated heterocycles. The summed E-state index contributed by atoms with van der Waals surface area (Å²) in [6.45, 7) is 3.76. The highest BCUT2D eigenvalue weighted by Gasteiger charge is 2.08. The number of carbonyl (C=O) groups is 1.